The molecule has 4 aromatic rings. The minimum absolute atomic E-state index is 0.892. The third kappa shape index (κ3) is 2.53. The number of nitrogens with zero attached hydrogens (tertiary/aromatic N) is 3. The Bertz CT molecular complexity index is 1080. The van der Waals surface area contributed by atoms with Crippen molar-refractivity contribution in [1.29, 1.82) is 0 Å². The van der Waals surface area contributed by atoms with Crippen LogP contribution in [-0.2, 0) is 6.54 Å². The molecule has 128 valence electrons. The van der Waals surface area contributed by atoms with Gasteiger partial charge in [0.2, 0.25) is 0 Å². The van der Waals surface area contributed by atoms with E-state index < -0.39 is 0 Å². The second kappa shape index (κ2) is 6.05. The number of benzene rings is 2. The lowest BCUT2D eigenvalue weighted by atomic mass is 10.0. The first-order valence-electron chi connectivity index (χ1n) is 8.58. The second-order valence-corrected chi connectivity index (χ2v) is 6.83. The summed E-state index contributed by atoms with van der Waals surface area (Å²) in [6.07, 6.45) is 3.82. The molecule has 0 saturated carbocycles. The van der Waals surface area contributed by atoms with E-state index in [1.165, 1.54) is 38.1 Å². The summed E-state index contributed by atoms with van der Waals surface area (Å²) in [6, 6.07) is 10.7. The molecule has 0 aliphatic heterocycles. The van der Waals surface area contributed by atoms with E-state index >= 15 is 0 Å². The monoisotopic (exact) mass is 333 g/mol. The number of hydrogen-bond donors (Lipinski definition) is 0. The van der Waals surface area contributed by atoms with E-state index in [0.29, 0.717) is 0 Å². The molecule has 0 bridgehead atoms. The van der Waals surface area contributed by atoms with Crippen molar-refractivity contribution in [1.82, 2.24) is 14.5 Å². The molecular formula is C21H23N3O. The predicted molar refractivity (Wildman–Crippen MR) is 105 cm³/mol. The van der Waals surface area contributed by atoms with Gasteiger partial charge in [-0.15, -0.1) is 0 Å². The van der Waals surface area contributed by atoms with Crippen LogP contribution in [0.4, 0.5) is 0 Å². The standard InChI is InChI=1S/C21H23N3O/c1-14-17-7-8-22-13-15(17)11-19-18-12-16(25-4)5-6-20(18)24(21(14)19)10-9-23(2)3/h5-8,11-13H,9-10H2,1-4H3. The summed E-state index contributed by atoms with van der Waals surface area (Å²) in [5, 5.41) is 4.96. The SMILES string of the molecule is COc1ccc2c(c1)c1cc3cnccc3c(C)c1n2CCN(C)C. The molecule has 4 rings (SSSR count). The molecule has 0 aliphatic carbocycles. The third-order valence-corrected chi connectivity index (χ3v) is 4.99. The third-order valence-electron chi connectivity index (χ3n) is 4.99. The summed E-state index contributed by atoms with van der Waals surface area (Å²) < 4.78 is 7.91. The van der Waals surface area contributed by atoms with Gasteiger partial charge >= 0.3 is 0 Å². The molecule has 0 amide bonds. The van der Waals surface area contributed by atoms with Crippen LogP contribution in [-0.4, -0.2) is 42.2 Å². The Morgan fingerprint density at radius 1 is 1.08 bits per heavy atom. The van der Waals surface area contributed by atoms with Crippen LogP contribution in [0.15, 0.2) is 42.7 Å². The van der Waals surface area contributed by atoms with E-state index in [0.717, 1.165) is 18.8 Å². The molecule has 0 saturated heterocycles. The van der Waals surface area contributed by atoms with Crippen molar-refractivity contribution < 1.29 is 4.74 Å². The molecule has 4 heteroatoms. The molecule has 0 N–H and O–H groups in total. The van der Waals surface area contributed by atoms with E-state index in [9.17, 15) is 0 Å². The first kappa shape index (κ1) is 15.9. The molecule has 2 aromatic carbocycles. The topological polar surface area (TPSA) is 30.3 Å². The first-order chi connectivity index (χ1) is 12.1. The summed E-state index contributed by atoms with van der Waals surface area (Å²) in [5.74, 6) is 0.892. The number of aromatic nitrogens is 2. The molecule has 4 nitrogen and oxygen atoms in total. The highest BCUT2D eigenvalue weighted by molar-refractivity contribution is 6.14. The zero-order chi connectivity index (χ0) is 17.6. The fraction of sp³-hybridized carbons (Fsp3) is 0.286. The van der Waals surface area contributed by atoms with E-state index in [4.69, 9.17) is 4.74 Å². The van der Waals surface area contributed by atoms with Gasteiger partial charge in [-0.05, 0) is 62.3 Å². The number of rotatable bonds is 4. The van der Waals surface area contributed by atoms with Gasteiger partial charge in [0.15, 0.2) is 0 Å². The van der Waals surface area contributed by atoms with Gasteiger partial charge in [-0.25, -0.2) is 0 Å². The molecule has 0 aliphatic rings. The minimum atomic E-state index is 0.892. The van der Waals surface area contributed by atoms with Gasteiger partial charge in [0.25, 0.3) is 0 Å². The van der Waals surface area contributed by atoms with E-state index in [1.807, 2.05) is 18.5 Å². The van der Waals surface area contributed by atoms with Gasteiger partial charge < -0.3 is 14.2 Å². The van der Waals surface area contributed by atoms with Gasteiger partial charge in [-0.2, -0.15) is 0 Å². The maximum Gasteiger partial charge on any atom is 0.119 e. The highest BCUT2D eigenvalue weighted by atomic mass is 16.5. The lowest BCUT2D eigenvalue weighted by Crippen LogP contribution is -2.18. The number of aryl methyl sites for hydroxylation is 1. The summed E-state index contributed by atoms with van der Waals surface area (Å²) in [4.78, 5) is 6.53. The van der Waals surface area contributed by atoms with Crippen molar-refractivity contribution >= 4 is 32.6 Å². The Kier molecular flexibility index (Phi) is 3.85. The van der Waals surface area contributed by atoms with Crippen LogP contribution in [0.1, 0.15) is 5.56 Å². The lowest BCUT2D eigenvalue weighted by Gasteiger charge is -2.14. The zero-order valence-electron chi connectivity index (χ0n) is 15.2. The van der Waals surface area contributed by atoms with Crippen LogP contribution in [0.3, 0.4) is 0 Å². The quantitative estimate of drug-likeness (QED) is 0.560. The normalized spacial score (nSPS) is 11.9. The number of ether oxygens (including phenoxy) is 1. The fourth-order valence-electron chi connectivity index (χ4n) is 3.72. The average Bonchev–Trinajstić information content (AvgIpc) is 2.93. The van der Waals surface area contributed by atoms with Crippen molar-refractivity contribution in [2.45, 2.75) is 13.5 Å². The van der Waals surface area contributed by atoms with Crippen molar-refractivity contribution in [3.63, 3.8) is 0 Å². The highest BCUT2D eigenvalue weighted by Crippen LogP contribution is 2.36. The van der Waals surface area contributed by atoms with Gasteiger partial charge in [-0.1, -0.05) is 0 Å². The number of methoxy groups -OCH3 is 1. The van der Waals surface area contributed by atoms with Crippen LogP contribution in [0.25, 0.3) is 32.6 Å². The largest absolute Gasteiger partial charge is 0.497 e. The molecular weight excluding hydrogens is 310 g/mol. The van der Waals surface area contributed by atoms with Crippen LogP contribution in [0, 0.1) is 6.92 Å². The number of pyridine rings is 1. The van der Waals surface area contributed by atoms with Crippen molar-refractivity contribution in [2.24, 2.45) is 0 Å². The molecule has 0 fully saturated rings. The number of fused-ring (bicyclic) bond motifs is 4. The number of hydrogen-bond acceptors (Lipinski definition) is 3. The Hall–Kier alpha value is -2.59. The van der Waals surface area contributed by atoms with Crippen molar-refractivity contribution in [3.8, 4) is 5.75 Å². The summed E-state index contributed by atoms with van der Waals surface area (Å²) in [6.45, 7) is 4.17. The van der Waals surface area contributed by atoms with Crippen LogP contribution < -0.4 is 4.74 Å². The first-order valence-corrected chi connectivity index (χ1v) is 8.58. The fourth-order valence-corrected chi connectivity index (χ4v) is 3.72. The summed E-state index contributed by atoms with van der Waals surface area (Å²) in [5.41, 5.74) is 3.87. The molecule has 2 aromatic heterocycles. The van der Waals surface area contributed by atoms with Crippen LogP contribution >= 0.6 is 0 Å². The van der Waals surface area contributed by atoms with E-state index in [-0.39, 0.29) is 0 Å². The average molecular weight is 333 g/mol. The minimum Gasteiger partial charge on any atom is -0.497 e. The maximum absolute atomic E-state index is 5.47. The van der Waals surface area contributed by atoms with Gasteiger partial charge in [-0.3, -0.25) is 4.98 Å². The molecule has 25 heavy (non-hydrogen) atoms. The van der Waals surface area contributed by atoms with Crippen LogP contribution in [0.5, 0.6) is 5.75 Å². The molecule has 0 spiro atoms. The Labute approximate surface area is 147 Å². The number of likely N-dealkylation sites (N-methyl/N-ethyl adjacent to an activating group) is 1. The highest BCUT2D eigenvalue weighted by Gasteiger charge is 2.15. The van der Waals surface area contributed by atoms with Crippen LogP contribution in [0.2, 0.25) is 0 Å². The summed E-state index contributed by atoms with van der Waals surface area (Å²) in [7, 11) is 5.95. The van der Waals surface area contributed by atoms with Gasteiger partial charge in [0, 0.05) is 47.2 Å². The second-order valence-electron chi connectivity index (χ2n) is 6.83. The smallest absolute Gasteiger partial charge is 0.119 e. The lowest BCUT2D eigenvalue weighted by molar-refractivity contribution is 0.389. The van der Waals surface area contributed by atoms with Crippen molar-refractivity contribution in [3.05, 3.63) is 48.3 Å². The zero-order valence-corrected chi connectivity index (χ0v) is 15.2. The van der Waals surface area contributed by atoms with E-state index in [1.54, 1.807) is 7.11 Å². The van der Waals surface area contributed by atoms with Gasteiger partial charge in [0.1, 0.15) is 5.75 Å². The van der Waals surface area contributed by atoms with Crippen molar-refractivity contribution in [2.75, 3.05) is 27.7 Å². The maximum atomic E-state index is 5.47. The van der Waals surface area contributed by atoms with E-state index in [2.05, 4.69) is 59.7 Å². The Morgan fingerprint density at radius 2 is 1.92 bits per heavy atom. The predicted octanol–water partition coefficient (Wildman–Crippen LogP) is 4.22. The molecule has 0 unspecified atom stereocenters. The molecule has 0 radical (unpaired) electrons. The summed E-state index contributed by atoms with van der Waals surface area (Å²) >= 11 is 0. The van der Waals surface area contributed by atoms with Gasteiger partial charge in [0.05, 0.1) is 12.6 Å². The molecule has 2 heterocycles. The Morgan fingerprint density at radius 3 is 2.68 bits per heavy atom. The Balaban J connectivity index is 2.12. The molecule has 0 atom stereocenters.